The van der Waals surface area contributed by atoms with Gasteiger partial charge in [-0.2, -0.15) is 4.98 Å². The number of fused-ring (bicyclic) bond motifs is 1. The number of carbonyl (C=O) groups is 1. The van der Waals surface area contributed by atoms with Crippen LogP contribution in [0.1, 0.15) is 44.9 Å². The summed E-state index contributed by atoms with van der Waals surface area (Å²) < 4.78 is 1.43. The third-order valence-electron chi connectivity index (χ3n) is 7.80. The van der Waals surface area contributed by atoms with Gasteiger partial charge in [-0.3, -0.25) is 19.9 Å². The molecule has 3 aromatic heterocycles. The first-order valence-electron chi connectivity index (χ1n) is 14.0. The van der Waals surface area contributed by atoms with Gasteiger partial charge in [0.15, 0.2) is 5.65 Å². The number of hydrogen-bond donors (Lipinski definition) is 0. The van der Waals surface area contributed by atoms with Gasteiger partial charge in [0, 0.05) is 37.4 Å². The molecule has 1 saturated heterocycles. The number of benzene rings is 1. The van der Waals surface area contributed by atoms with Gasteiger partial charge in [-0.05, 0) is 56.5 Å². The van der Waals surface area contributed by atoms with E-state index in [2.05, 4.69) is 16.5 Å². The predicted molar refractivity (Wildman–Crippen MR) is 167 cm³/mol. The molecule has 0 saturated carbocycles. The van der Waals surface area contributed by atoms with Crippen LogP contribution in [0.5, 0.6) is 0 Å². The van der Waals surface area contributed by atoms with Gasteiger partial charge in [-0.25, -0.2) is 14.3 Å². The van der Waals surface area contributed by atoms with E-state index in [1.54, 1.807) is 35.4 Å². The van der Waals surface area contributed by atoms with Crippen LogP contribution < -0.4 is 10.6 Å². The highest BCUT2D eigenvalue weighted by atomic mass is 35.5. The molecule has 43 heavy (non-hydrogen) atoms. The molecule has 1 amide bonds. The maximum atomic E-state index is 14.1. The number of hydrogen-bond acceptors (Lipinski definition) is 8. The minimum atomic E-state index is -0.576. The highest BCUT2D eigenvalue weighted by molar-refractivity contribution is 6.34. The molecular formula is C31H32ClN7O4. The van der Waals surface area contributed by atoms with Gasteiger partial charge < -0.3 is 9.80 Å². The maximum absolute atomic E-state index is 14.1. The van der Waals surface area contributed by atoms with Crippen molar-refractivity contribution in [2.24, 2.45) is 0 Å². The van der Waals surface area contributed by atoms with E-state index in [-0.39, 0.29) is 51.5 Å². The highest BCUT2D eigenvalue weighted by Gasteiger charge is 2.34. The highest BCUT2D eigenvalue weighted by Crippen LogP contribution is 2.38. The third kappa shape index (κ3) is 5.25. The van der Waals surface area contributed by atoms with Gasteiger partial charge >= 0.3 is 5.69 Å². The largest absolute Gasteiger partial charge is 0.355 e. The number of aryl methyl sites for hydroxylation is 1. The van der Waals surface area contributed by atoms with Gasteiger partial charge in [0.2, 0.25) is 5.91 Å². The van der Waals surface area contributed by atoms with Crippen molar-refractivity contribution in [2.45, 2.75) is 52.6 Å². The quantitative estimate of drug-likeness (QED) is 0.162. The Morgan fingerprint density at radius 2 is 1.88 bits per heavy atom. The second kappa shape index (κ2) is 11.6. The maximum Gasteiger partial charge on any atom is 0.355 e. The fraction of sp³-hybridized carbons (Fsp3) is 0.323. The van der Waals surface area contributed by atoms with Gasteiger partial charge in [0.25, 0.3) is 5.69 Å². The Labute approximate surface area is 253 Å². The van der Waals surface area contributed by atoms with Crippen molar-refractivity contribution in [3.05, 3.63) is 92.1 Å². The van der Waals surface area contributed by atoms with Crippen molar-refractivity contribution >= 4 is 40.0 Å². The fourth-order valence-corrected chi connectivity index (χ4v) is 5.93. The van der Waals surface area contributed by atoms with Crippen LogP contribution in [-0.2, 0) is 4.79 Å². The molecule has 222 valence electrons. The van der Waals surface area contributed by atoms with E-state index in [0.29, 0.717) is 35.7 Å². The van der Waals surface area contributed by atoms with E-state index in [0.717, 1.165) is 5.56 Å². The van der Waals surface area contributed by atoms with E-state index < -0.39 is 10.6 Å². The second-order valence-corrected chi connectivity index (χ2v) is 11.5. The molecule has 1 aliphatic rings. The van der Waals surface area contributed by atoms with E-state index in [1.807, 2.05) is 45.6 Å². The summed E-state index contributed by atoms with van der Waals surface area (Å²) in [6.45, 7) is 14.1. The number of nitrogens with zero attached hydrogens (tertiary/aromatic N) is 7. The minimum Gasteiger partial charge on any atom is -0.349 e. The molecule has 1 aliphatic heterocycles. The van der Waals surface area contributed by atoms with Gasteiger partial charge in [-0.15, -0.1) is 0 Å². The van der Waals surface area contributed by atoms with Crippen molar-refractivity contribution in [1.29, 1.82) is 0 Å². The molecule has 5 rings (SSSR count). The number of nitro benzene ring substituents is 1. The van der Waals surface area contributed by atoms with Crippen LogP contribution in [0.25, 0.3) is 28.0 Å². The number of halogens is 1. The molecule has 1 aromatic carbocycles. The molecule has 2 atom stereocenters. The number of anilines is 1. The van der Waals surface area contributed by atoms with Crippen LogP contribution in [0.2, 0.25) is 5.02 Å². The van der Waals surface area contributed by atoms with Crippen molar-refractivity contribution in [1.82, 2.24) is 24.4 Å². The number of rotatable bonds is 6. The van der Waals surface area contributed by atoms with Crippen LogP contribution in [0.4, 0.5) is 11.5 Å². The summed E-state index contributed by atoms with van der Waals surface area (Å²) >= 11 is 6.83. The van der Waals surface area contributed by atoms with Gasteiger partial charge in [0.1, 0.15) is 5.82 Å². The zero-order chi connectivity index (χ0) is 31.2. The molecule has 0 radical (unpaired) electrons. The zero-order valence-corrected chi connectivity index (χ0v) is 25.4. The first-order chi connectivity index (χ1) is 20.4. The normalized spacial score (nSPS) is 17.0. The smallest absolute Gasteiger partial charge is 0.349 e. The fourth-order valence-electron chi connectivity index (χ4n) is 5.68. The van der Waals surface area contributed by atoms with Crippen LogP contribution in [0.3, 0.4) is 0 Å². The average Bonchev–Trinajstić information content (AvgIpc) is 2.97. The Hall–Kier alpha value is -4.64. The Morgan fingerprint density at radius 1 is 1.16 bits per heavy atom. The third-order valence-corrected chi connectivity index (χ3v) is 8.09. The summed E-state index contributed by atoms with van der Waals surface area (Å²) in [5.74, 6) is 0.173. The zero-order valence-electron chi connectivity index (χ0n) is 24.6. The lowest BCUT2D eigenvalue weighted by Gasteiger charge is -2.44. The number of para-hydroxylation sites is 1. The lowest BCUT2D eigenvalue weighted by Crippen LogP contribution is -2.58. The van der Waals surface area contributed by atoms with Crippen LogP contribution >= 0.6 is 11.6 Å². The molecule has 0 aliphatic carbocycles. The second-order valence-electron chi connectivity index (χ2n) is 11.1. The molecule has 4 heterocycles. The monoisotopic (exact) mass is 601 g/mol. The van der Waals surface area contributed by atoms with Crippen molar-refractivity contribution < 1.29 is 9.72 Å². The Balaban J connectivity index is 1.85. The minimum absolute atomic E-state index is 0.0325. The Bertz CT molecular complexity index is 1840. The molecule has 0 spiro atoms. The predicted octanol–water partition coefficient (Wildman–Crippen LogP) is 5.45. The molecular weight excluding hydrogens is 570 g/mol. The molecule has 1 fully saturated rings. The number of amides is 1. The average molecular weight is 602 g/mol. The molecule has 12 heteroatoms. The van der Waals surface area contributed by atoms with E-state index in [9.17, 15) is 19.7 Å². The Morgan fingerprint density at radius 3 is 2.56 bits per heavy atom. The number of aromatic nitrogens is 4. The summed E-state index contributed by atoms with van der Waals surface area (Å²) in [6.07, 6.45) is 2.99. The SMILES string of the molecule is C=CC(=O)N1CC(C)N(c2nc(=O)n(-c3c(C)ccnc3C(C)C)c3nc(-c4ccccc4[N+](=O)[O-])c(Cl)cc23)CC1C. The number of pyridine rings is 2. The molecule has 11 nitrogen and oxygen atoms in total. The Kier molecular flexibility index (Phi) is 8.02. The van der Waals surface area contributed by atoms with E-state index >= 15 is 0 Å². The first kappa shape index (κ1) is 29.8. The van der Waals surface area contributed by atoms with E-state index in [1.165, 1.54) is 16.7 Å². The number of piperazine rings is 1. The van der Waals surface area contributed by atoms with Gasteiger partial charge in [0.05, 0.1) is 38.0 Å². The van der Waals surface area contributed by atoms with Gasteiger partial charge in [-0.1, -0.05) is 44.2 Å². The summed E-state index contributed by atoms with van der Waals surface area (Å²) in [5.41, 5.74) is 1.93. The number of carbonyl (C=O) groups excluding carboxylic acids is 1. The molecule has 4 aromatic rings. The summed E-state index contributed by atoms with van der Waals surface area (Å²) in [7, 11) is 0. The van der Waals surface area contributed by atoms with E-state index in [4.69, 9.17) is 16.6 Å². The molecule has 2 unspecified atom stereocenters. The van der Waals surface area contributed by atoms with Crippen LogP contribution in [-0.4, -0.2) is 60.4 Å². The standard InChI is InChI=1S/C31H32ClN7O4/c1-7-25(40)36-15-20(6)37(16-19(36)5)29-22-14-23(32)27(21-10-8-9-11-24(21)39(42)43)34-30(22)38(31(41)35-29)28-18(4)12-13-33-26(28)17(2)3/h7-14,17,19-20H,1,15-16H2,2-6H3. The first-order valence-corrected chi connectivity index (χ1v) is 14.3. The van der Waals surface area contributed by atoms with Crippen molar-refractivity contribution in [3.8, 4) is 16.9 Å². The molecule has 0 bridgehead atoms. The number of nitro groups is 1. The molecule has 0 N–H and O–H groups in total. The summed E-state index contributed by atoms with van der Waals surface area (Å²) in [4.78, 5) is 55.8. The summed E-state index contributed by atoms with van der Waals surface area (Å²) in [6, 6.07) is 9.29. The lowest BCUT2D eigenvalue weighted by atomic mass is 10.0. The van der Waals surface area contributed by atoms with Crippen molar-refractivity contribution in [3.63, 3.8) is 0 Å². The van der Waals surface area contributed by atoms with Crippen LogP contribution in [0, 0.1) is 17.0 Å². The topological polar surface area (TPSA) is 127 Å². The summed E-state index contributed by atoms with van der Waals surface area (Å²) in [5, 5.41) is 12.6. The van der Waals surface area contributed by atoms with Crippen LogP contribution in [0.15, 0.2) is 60.0 Å². The lowest BCUT2D eigenvalue weighted by molar-refractivity contribution is -0.384. The van der Waals surface area contributed by atoms with Crippen molar-refractivity contribution in [2.75, 3.05) is 18.0 Å².